The lowest BCUT2D eigenvalue weighted by molar-refractivity contribution is -0.122. The Balaban J connectivity index is 1.77. The zero-order valence-electron chi connectivity index (χ0n) is 11.9. The lowest BCUT2D eigenvalue weighted by Gasteiger charge is -2.11. The number of nitrogens with zero attached hydrogens (tertiary/aromatic N) is 2. The molecule has 0 fully saturated rings. The Kier molecular flexibility index (Phi) is 5.12. The number of carbonyl (C=O) groups is 1. The van der Waals surface area contributed by atoms with Gasteiger partial charge in [0.05, 0.1) is 23.4 Å². The van der Waals surface area contributed by atoms with Crippen molar-refractivity contribution in [2.24, 2.45) is 5.73 Å². The molecule has 0 aliphatic rings. The number of nitrogens with one attached hydrogen (secondary N) is 1. The quantitative estimate of drug-likeness (QED) is 0.754. The molecule has 0 saturated carbocycles. The third-order valence-electron chi connectivity index (χ3n) is 3.34. The Morgan fingerprint density at radius 1 is 1.45 bits per heavy atom. The molecule has 108 valence electrons. The third-order valence-corrected chi connectivity index (χ3v) is 3.34. The van der Waals surface area contributed by atoms with E-state index in [1.54, 1.807) is 0 Å². The van der Waals surface area contributed by atoms with Crippen LogP contribution in [0.4, 0.5) is 0 Å². The van der Waals surface area contributed by atoms with Gasteiger partial charge in [0.2, 0.25) is 5.91 Å². The van der Waals surface area contributed by atoms with Crippen LogP contribution in [0, 0.1) is 0 Å². The molecule has 0 aliphatic carbocycles. The van der Waals surface area contributed by atoms with Crippen LogP contribution < -0.4 is 11.1 Å². The molecule has 2 rings (SSSR count). The van der Waals surface area contributed by atoms with E-state index in [1.165, 1.54) is 0 Å². The van der Waals surface area contributed by atoms with Crippen LogP contribution in [0.5, 0.6) is 0 Å². The number of rotatable bonds is 7. The molecule has 1 aromatic carbocycles. The standard InChI is InChI=1S/C15H22N4O/c1-2-6-12(16)15(20)17-9-5-10-19-11-18-13-7-3-4-8-14(13)19/h3-4,7-8,11-12H,2,5-6,9-10,16H2,1H3,(H,17,20). The topological polar surface area (TPSA) is 72.9 Å². The molecule has 1 heterocycles. The average molecular weight is 274 g/mol. The summed E-state index contributed by atoms with van der Waals surface area (Å²) in [5, 5.41) is 2.88. The Labute approximate surface area is 119 Å². The fourth-order valence-electron chi connectivity index (χ4n) is 2.22. The second kappa shape index (κ2) is 7.05. The number of aromatic nitrogens is 2. The number of benzene rings is 1. The monoisotopic (exact) mass is 274 g/mol. The van der Waals surface area contributed by atoms with Gasteiger partial charge in [0, 0.05) is 13.1 Å². The molecule has 0 aliphatic heterocycles. The number of fused-ring (bicyclic) bond motifs is 1. The highest BCUT2D eigenvalue weighted by molar-refractivity contribution is 5.81. The predicted octanol–water partition coefficient (Wildman–Crippen LogP) is 1.67. The van der Waals surface area contributed by atoms with Crippen molar-refractivity contribution in [2.75, 3.05) is 6.54 Å². The SMILES string of the molecule is CCCC(N)C(=O)NCCCn1cnc2ccccc21. The zero-order valence-corrected chi connectivity index (χ0v) is 11.9. The molecule has 1 amide bonds. The van der Waals surface area contributed by atoms with Gasteiger partial charge < -0.3 is 15.6 Å². The Morgan fingerprint density at radius 3 is 3.05 bits per heavy atom. The van der Waals surface area contributed by atoms with E-state index in [9.17, 15) is 4.79 Å². The van der Waals surface area contributed by atoms with Gasteiger partial charge in [0.1, 0.15) is 0 Å². The normalized spacial score (nSPS) is 12.5. The molecule has 0 saturated heterocycles. The summed E-state index contributed by atoms with van der Waals surface area (Å²) in [6.07, 6.45) is 4.37. The Hall–Kier alpha value is -1.88. The van der Waals surface area contributed by atoms with Gasteiger partial charge in [-0.3, -0.25) is 4.79 Å². The van der Waals surface area contributed by atoms with Gasteiger partial charge in [0.25, 0.3) is 0 Å². The van der Waals surface area contributed by atoms with Crippen LogP contribution in [0.1, 0.15) is 26.2 Å². The fraction of sp³-hybridized carbons (Fsp3) is 0.467. The lowest BCUT2D eigenvalue weighted by atomic mass is 10.2. The van der Waals surface area contributed by atoms with Gasteiger partial charge in [-0.1, -0.05) is 25.5 Å². The second-order valence-electron chi connectivity index (χ2n) is 4.97. The number of carbonyl (C=O) groups excluding carboxylic acids is 1. The van der Waals surface area contributed by atoms with Crippen molar-refractivity contribution in [1.82, 2.24) is 14.9 Å². The van der Waals surface area contributed by atoms with Crippen LogP contribution in [-0.2, 0) is 11.3 Å². The van der Waals surface area contributed by atoms with E-state index in [1.807, 2.05) is 31.5 Å². The number of nitrogens with two attached hydrogens (primary N) is 1. The lowest BCUT2D eigenvalue weighted by Crippen LogP contribution is -2.40. The first-order chi connectivity index (χ1) is 9.72. The molecule has 5 nitrogen and oxygen atoms in total. The van der Waals surface area contributed by atoms with Crippen LogP contribution in [-0.4, -0.2) is 28.0 Å². The van der Waals surface area contributed by atoms with E-state index in [4.69, 9.17) is 5.73 Å². The second-order valence-corrected chi connectivity index (χ2v) is 4.97. The molecule has 0 spiro atoms. The number of hydrogen-bond acceptors (Lipinski definition) is 3. The number of aryl methyl sites for hydroxylation is 1. The molecular formula is C15H22N4O. The number of hydrogen-bond donors (Lipinski definition) is 2. The molecule has 5 heteroatoms. The Morgan fingerprint density at radius 2 is 2.25 bits per heavy atom. The maximum Gasteiger partial charge on any atom is 0.236 e. The molecule has 20 heavy (non-hydrogen) atoms. The fourth-order valence-corrected chi connectivity index (χ4v) is 2.22. The molecule has 2 aromatic rings. The molecule has 1 aromatic heterocycles. The molecule has 0 radical (unpaired) electrons. The van der Waals surface area contributed by atoms with Crippen molar-refractivity contribution < 1.29 is 4.79 Å². The summed E-state index contributed by atoms with van der Waals surface area (Å²) in [5.41, 5.74) is 7.88. The minimum absolute atomic E-state index is 0.0534. The summed E-state index contributed by atoms with van der Waals surface area (Å²) in [7, 11) is 0. The predicted molar refractivity (Wildman–Crippen MR) is 80.2 cm³/mol. The summed E-state index contributed by atoms with van der Waals surface area (Å²) in [4.78, 5) is 16.0. The van der Waals surface area contributed by atoms with Gasteiger partial charge in [0.15, 0.2) is 0 Å². The number of para-hydroxylation sites is 2. The first kappa shape index (κ1) is 14.5. The van der Waals surface area contributed by atoms with Crippen LogP contribution in [0.15, 0.2) is 30.6 Å². The molecule has 0 bridgehead atoms. The van der Waals surface area contributed by atoms with Crippen molar-refractivity contribution in [2.45, 2.75) is 38.8 Å². The molecule has 1 atom stereocenters. The maximum atomic E-state index is 11.7. The first-order valence-electron chi connectivity index (χ1n) is 7.15. The largest absolute Gasteiger partial charge is 0.355 e. The van der Waals surface area contributed by atoms with Gasteiger partial charge >= 0.3 is 0 Å². The van der Waals surface area contributed by atoms with Crippen molar-refractivity contribution in [3.8, 4) is 0 Å². The van der Waals surface area contributed by atoms with E-state index in [0.717, 1.165) is 36.8 Å². The van der Waals surface area contributed by atoms with E-state index < -0.39 is 0 Å². The summed E-state index contributed by atoms with van der Waals surface area (Å²) >= 11 is 0. The van der Waals surface area contributed by atoms with Crippen molar-refractivity contribution >= 4 is 16.9 Å². The first-order valence-corrected chi connectivity index (χ1v) is 7.15. The van der Waals surface area contributed by atoms with E-state index in [2.05, 4.69) is 20.9 Å². The van der Waals surface area contributed by atoms with Crippen molar-refractivity contribution in [3.05, 3.63) is 30.6 Å². The molecule has 1 unspecified atom stereocenters. The van der Waals surface area contributed by atoms with Crippen LogP contribution in [0.2, 0.25) is 0 Å². The summed E-state index contributed by atoms with van der Waals surface area (Å²) < 4.78 is 2.10. The van der Waals surface area contributed by atoms with Gasteiger partial charge in [-0.05, 0) is 25.0 Å². The van der Waals surface area contributed by atoms with Crippen LogP contribution >= 0.6 is 0 Å². The van der Waals surface area contributed by atoms with Gasteiger partial charge in [-0.2, -0.15) is 0 Å². The average Bonchev–Trinajstić information content (AvgIpc) is 2.87. The van der Waals surface area contributed by atoms with E-state index >= 15 is 0 Å². The summed E-state index contributed by atoms with van der Waals surface area (Å²) in [6.45, 7) is 3.50. The number of imidazole rings is 1. The minimum atomic E-state index is -0.380. The summed E-state index contributed by atoms with van der Waals surface area (Å²) in [5.74, 6) is -0.0534. The van der Waals surface area contributed by atoms with Crippen molar-refractivity contribution in [3.63, 3.8) is 0 Å². The van der Waals surface area contributed by atoms with Crippen LogP contribution in [0.25, 0.3) is 11.0 Å². The maximum absolute atomic E-state index is 11.7. The van der Waals surface area contributed by atoms with E-state index in [0.29, 0.717) is 6.54 Å². The molecule has 3 N–H and O–H groups in total. The van der Waals surface area contributed by atoms with Crippen LogP contribution in [0.3, 0.4) is 0 Å². The smallest absolute Gasteiger partial charge is 0.236 e. The Bertz CT molecular complexity index is 564. The third kappa shape index (κ3) is 3.57. The zero-order chi connectivity index (χ0) is 14.4. The highest BCUT2D eigenvalue weighted by atomic mass is 16.2. The van der Waals surface area contributed by atoms with Gasteiger partial charge in [-0.25, -0.2) is 4.98 Å². The van der Waals surface area contributed by atoms with Gasteiger partial charge in [-0.15, -0.1) is 0 Å². The van der Waals surface area contributed by atoms with Crippen molar-refractivity contribution in [1.29, 1.82) is 0 Å². The van der Waals surface area contributed by atoms with E-state index in [-0.39, 0.29) is 11.9 Å². The minimum Gasteiger partial charge on any atom is -0.355 e. The molecular weight excluding hydrogens is 252 g/mol. The summed E-state index contributed by atoms with van der Waals surface area (Å²) in [6, 6.07) is 7.66. The highest BCUT2D eigenvalue weighted by Crippen LogP contribution is 2.11. The number of amides is 1. The highest BCUT2D eigenvalue weighted by Gasteiger charge is 2.10.